The zero-order valence-corrected chi connectivity index (χ0v) is 14.6. The first kappa shape index (κ1) is 15.8. The van der Waals surface area contributed by atoms with Gasteiger partial charge in [0.1, 0.15) is 12.4 Å². The summed E-state index contributed by atoms with van der Waals surface area (Å²) in [7, 11) is 1.89. The summed E-state index contributed by atoms with van der Waals surface area (Å²) in [6.07, 6.45) is 4.67. The first-order valence-electron chi connectivity index (χ1n) is 8.09. The van der Waals surface area contributed by atoms with Crippen molar-refractivity contribution in [1.29, 1.82) is 0 Å². The van der Waals surface area contributed by atoms with Crippen LogP contribution in [0.4, 0.5) is 5.69 Å². The predicted octanol–water partition coefficient (Wildman–Crippen LogP) is 3.20. The molecule has 2 heterocycles. The Morgan fingerprint density at radius 2 is 2.32 bits per heavy atom. The van der Waals surface area contributed by atoms with E-state index in [0.717, 1.165) is 17.7 Å². The molecule has 128 valence electrons. The molecule has 0 radical (unpaired) electrons. The number of nitrogens with zero attached hydrogens (tertiary/aromatic N) is 3. The molecule has 1 fully saturated rings. The van der Waals surface area contributed by atoms with Crippen LogP contribution in [-0.2, 0) is 18.4 Å². The third-order valence-electron chi connectivity index (χ3n) is 4.28. The van der Waals surface area contributed by atoms with Crippen LogP contribution in [0.5, 0.6) is 5.75 Å². The quantitative estimate of drug-likeness (QED) is 0.738. The van der Waals surface area contributed by atoms with E-state index in [9.17, 15) is 4.79 Å². The predicted molar refractivity (Wildman–Crippen MR) is 95.6 cm³/mol. The zero-order chi connectivity index (χ0) is 17.2. The van der Waals surface area contributed by atoms with Gasteiger partial charge in [-0.25, -0.2) is 4.98 Å². The lowest BCUT2D eigenvalue weighted by Crippen LogP contribution is -2.15. The van der Waals surface area contributed by atoms with E-state index in [2.05, 4.69) is 15.4 Å². The molecule has 1 saturated carbocycles. The Kier molecular flexibility index (Phi) is 4.23. The Balaban J connectivity index is 1.40. The van der Waals surface area contributed by atoms with Gasteiger partial charge in [-0.05, 0) is 30.0 Å². The number of aryl methyl sites for hydroxylation is 1. The second kappa shape index (κ2) is 6.68. The van der Waals surface area contributed by atoms with E-state index in [1.807, 2.05) is 49.1 Å². The van der Waals surface area contributed by atoms with E-state index in [0.29, 0.717) is 18.0 Å². The minimum atomic E-state index is -0.00389. The number of para-hydroxylation sites is 2. The molecule has 1 aromatic carbocycles. The topological polar surface area (TPSA) is 69.0 Å². The molecular formula is C18H18N4O2S. The number of thiazole rings is 1. The van der Waals surface area contributed by atoms with E-state index in [-0.39, 0.29) is 17.7 Å². The van der Waals surface area contributed by atoms with E-state index in [1.165, 1.54) is 11.3 Å². The van der Waals surface area contributed by atoms with Crippen LogP contribution in [0.15, 0.2) is 47.5 Å². The molecule has 2 aromatic heterocycles. The molecule has 2 atom stereocenters. The van der Waals surface area contributed by atoms with Crippen molar-refractivity contribution in [1.82, 2.24) is 14.8 Å². The van der Waals surface area contributed by atoms with Gasteiger partial charge < -0.3 is 10.1 Å². The van der Waals surface area contributed by atoms with Crippen molar-refractivity contribution in [3.8, 4) is 5.75 Å². The highest BCUT2D eigenvalue weighted by molar-refractivity contribution is 7.07. The van der Waals surface area contributed by atoms with Crippen molar-refractivity contribution in [2.24, 2.45) is 13.0 Å². The van der Waals surface area contributed by atoms with Gasteiger partial charge in [0.2, 0.25) is 5.91 Å². The van der Waals surface area contributed by atoms with E-state index in [4.69, 9.17) is 4.74 Å². The fraction of sp³-hybridized carbons (Fsp3) is 0.278. The maximum absolute atomic E-state index is 12.5. The Morgan fingerprint density at radius 1 is 1.44 bits per heavy atom. The number of anilines is 1. The van der Waals surface area contributed by atoms with Crippen molar-refractivity contribution in [2.75, 3.05) is 5.32 Å². The summed E-state index contributed by atoms with van der Waals surface area (Å²) in [5.74, 6) is 0.938. The van der Waals surface area contributed by atoms with Crippen molar-refractivity contribution >= 4 is 22.9 Å². The fourth-order valence-corrected chi connectivity index (χ4v) is 3.41. The summed E-state index contributed by atoms with van der Waals surface area (Å²) in [4.78, 5) is 16.7. The van der Waals surface area contributed by atoms with Crippen molar-refractivity contribution in [3.05, 3.63) is 58.8 Å². The number of ether oxygens (including phenoxy) is 1. The maximum Gasteiger partial charge on any atom is 0.228 e. The van der Waals surface area contributed by atoms with Gasteiger partial charge in [0.25, 0.3) is 0 Å². The van der Waals surface area contributed by atoms with Gasteiger partial charge >= 0.3 is 0 Å². The third kappa shape index (κ3) is 3.56. The molecule has 0 aliphatic heterocycles. The van der Waals surface area contributed by atoms with Crippen LogP contribution in [0.25, 0.3) is 0 Å². The monoisotopic (exact) mass is 354 g/mol. The van der Waals surface area contributed by atoms with Crippen LogP contribution in [0.2, 0.25) is 0 Å². The fourth-order valence-electron chi connectivity index (χ4n) is 2.87. The van der Waals surface area contributed by atoms with Gasteiger partial charge in [-0.2, -0.15) is 5.10 Å². The Hall–Kier alpha value is -2.67. The average molecular weight is 354 g/mol. The number of aromatic nitrogens is 3. The number of amides is 1. The number of benzene rings is 1. The van der Waals surface area contributed by atoms with Crippen molar-refractivity contribution in [2.45, 2.75) is 18.9 Å². The maximum atomic E-state index is 12.5. The van der Waals surface area contributed by atoms with Crippen LogP contribution in [0, 0.1) is 5.92 Å². The number of rotatable bonds is 6. The highest BCUT2D eigenvalue weighted by Gasteiger charge is 2.44. The molecule has 0 bridgehead atoms. The molecule has 1 amide bonds. The lowest BCUT2D eigenvalue weighted by atomic mass is 10.2. The van der Waals surface area contributed by atoms with Crippen LogP contribution in [0.1, 0.15) is 23.6 Å². The van der Waals surface area contributed by atoms with E-state index >= 15 is 0 Å². The number of carbonyl (C=O) groups excluding carboxylic acids is 1. The molecule has 3 aromatic rings. The lowest BCUT2D eigenvalue weighted by Gasteiger charge is -2.11. The Bertz CT molecular complexity index is 875. The van der Waals surface area contributed by atoms with Gasteiger partial charge in [-0.1, -0.05) is 12.1 Å². The summed E-state index contributed by atoms with van der Waals surface area (Å²) in [5.41, 5.74) is 4.47. The van der Waals surface area contributed by atoms with Gasteiger partial charge in [0.15, 0.2) is 0 Å². The lowest BCUT2D eigenvalue weighted by molar-refractivity contribution is -0.117. The van der Waals surface area contributed by atoms with E-state index in [1.54, 1.807) is 10.2 Å². The molecule has 0 spiro atoms. The van der Waals surface area contributed by atoms with Crippen molar-refractivity contribution < 1.29 is 9.53 Å². The second-order valence-corrected chi connectivity index (χ2v) is 6.87. The minimum absolute atomic E-state index is 0.00389. The number of carbonyl (C=O) groups is 1. The number of hydrogen-bond acceptors (Lipinski definition) is 5. The molecule has 1 aliphatic rings. The zero-order valence-electron chi connectivity index (χ0n) is 13.8. The molecule has 0 saturated heterocycles. The molecule has 7 heteroatoms. The summed E-state index contributed by atoms with van der Waals surface area (Å²) in [6.45, 7) is 0.387. The Labute approximate surface area is 149 Å². The SMILES string of the molecule is Cn1cc(C2CC2C(=O)Nc2ccccc2OCc2cscn2)cn1. The molecule has 1 N–H and O–H groups in total. The van der Waals surface area contributed by atoms with Crippen LogP contribution in [0.3, 0.4) is 0 Å². The summed E-state index contributed by atoms with van der Waals surface area (Å²) >= 11 is 1.53. The first-order valence-corrected chi connectivity index (χ1v) is 9.03. The second-order valence-electron chi connectivity index (χ2n) is 6.15. The summed E-state index contributed by atoms with van der Waals surface area (Å²) in [6, 6.07) is 7.49. The molecule has 2 unspecified atom stereocenters. The number of hydrogen-bond donors (Lipinski definition) is 1. The molecular weight excluding hydrogens is 336 g/mol. The van der Waals surface area contributed by atoms with Gasteiger partial charge in [0, 0.05) is 24.5 Å². The van der Waals surface area contributed by atoms with Crippen molar-refractivity contribution in [3.63, 3.8) is 0 Å². The smallest absolute Gasteiger partial charge is 0.228 e. The molecule has 4 rings (SSSR count). The standard InChI is InChI=1S/C18H18N4O2S/c1-22-8-12(7-20-22)14-6-15(14)18(23)21-16-4-2-3-5-17(16)24-9-13-10-25-11-19-13/h2-5,7-8,10-11,14-15H,6,9H2,1H3,(H,21,23). The molecule has 6 nitrogen and oxygen atoms in total. The van der Waals surface area contributed by atoms with E-state index < -0.39 is 0 Å². The normalized spacial score (nSPS) is 18.8. The summed E-state index contributed by atoms with van der Waals surface area (Å²) < 4.78 is 7.58. The highest BCUT2D eigenvalue weighted by atomic mass is 32.1. The van der Waals surface area contributed by atoms with Gasteiger partial charge in [-0.3, -0.25) is 9.48 Å². The molecule has 25 heavy (non-hydrogen) atoms. The average Bonchev–Trinajstić information content (AvgIpc) is 3.01. The van der Waals surface area contributed by atoms with Gasteiger partial charge in [0.05, 0.1) is 23.1 Å². The minimum Gasteiger partial charge on any atom is -0.485 e. The summed E-state index contributed by atoms with van der Waals surface area (Å²) in [5, 5.41) is 9.13. The Morgan fingerprint density at radius 3 is 3.08 bits per heavy atom. The largest absolute Gasteiger partial charge is 0.485 e. The molecule has 1 aliphatic carbocycles. The third-order valence-corrected chi connectivity index (χ3v) is 4.92. The van der Waals surface area contributed by atoms with Crippen LogP contribution < -0.4 is 10.1 Å². The van der Waals surface area contributed by atoms with Crippen LogP contribution in [-0.4, -0.2) is 20.7 Å². The highest BCUT2D eigenvalue weighted by Crippen LogP contribution is 2.48. The van der Waals surface area contributed by atoms with Gasteiger partial charge in [-0.15, -0.1) is 11.3 Å². The van der Waals surface area contributed by atoms with Crippen LogP contribution >= 0.6 is 11.3 Å². The number of nitrogens with one attached hydrogen (secondary N) is 1. The first-order chi connectivity index (χ1) is 12.2.